The minimum atomic E-state index is -4.28. The Kier molecular flexibility index (Phi) is 2.99. The summed E-state index contributed by atoms with van der Waals surface area (Å²) in [5.74, 6) is 0. The van der Waals surface area contributed by atoms with Gasteiger partial charge in [-0.25, -0.2) is 0 Å². The van der Waals surface area contributed by atoms with E-state index in [0.717, 1.165) is 6.07 Å². The fourth-order valence-corrected chi connectivity index (χ4v) is 1.32. The Hall–Kier alpha value is -1.25. The average molecular weight is 200 g/mol. The number of halogens is 3. The lowest BCUT2D eigenvalue weighted by atomic mass is 10.0. The van der Waals surface area contributed by atoms with Gasteiger partial charge < -0.3 is 0 Å². The summed E-state index contributed by atoms with van der Waals surface area (Å²) in [6.07, 6.45) is -1.18. The summed E-state index contributed by atoms with van der Waals surface area (Å²) >= 11 is 0. The molecule has 0 amide bonds. The SMILES string of the molecule is C/C=C\c1c(C)cccc1C(F)(F)F. The largest absolute Gasteiger partial charge is 0.416 e. The lowest BCUT2D eigenvalue weighted by Gasteiger charge is -2.12. The fraction of sp³-hybridized carbons (Fsp3) is 0.273. The molecule has 1 rings (SSSR count). The van der Waals surface area contributed by atoms with Crippen molar-refractivity contribution in [3.05, 3.63) is 41.0 Å². The lowest BCUT2D eigenvalue weighted by molar-refractivity contribution is -0.137. The zero-order chi connectivity index (χ0) is 10.8. The molecule has 0 aromatic heterocycles. The number of aryl methyl sites for hydroxylation is 1. The summed E-state index contributed by atoms with van der Waals surface area (Å²) in [5.41, 5.74) is 0.316. The number of rotatable bonds is 1. The first kappa shape index (κ1) is 10.8. The van der Waals surface area contributed by atoms with Gasteiger partial charge >= 0.3 is 6.18 Å². The molecule has 1 aromatic rings. The van der Waals surface area contributed by atoms with Crippen LogP contribution in [-0.4, -0.2) is 0 Å². The van der Waals surface area contributed by atoms with E-state index in [0.29, 0.717) is 5.56 Å². The molecular weight excluding hydrogens is 189 g/mol. The Bertz CT molecular complexity index is 348. The van der Waals surface area contributed by atoms with Gasteiger partial charge in [-0.2, -0.15) is 13.2 Å². The third-order valence-corrected chi connectivity index (χ3v) is 1.96. The molecule has 0 bridgehead atoms. The maximum absolute atomic E-state index is 12.5. The molecule has 14 heavy (non-hydrogen) atoms. The topological polar surface area (TPSA) is 0 Å². The quantitative estimate of drug-likeness (QED) is 0.641. The van der Waals surface area contributed by atoms with E-state index in [4.69, 9.17) is 0 Å². The zero-order valence-corrected chi connectivity index (χ0v) is 8.02. The van der Waals surface area contributed by atoms with Crippen LogP contribution in [0.1, 0.15) is 23.6 Å². The Morgan fingerprint density at radius 2 is 1.86 bits per heavy atom. The minimum Gasteiger partial charge on any atom is -0.166 e. The van der Waals surface area contributed by atoms with Gasteiger partial charge in [-0.05, 0) is 31.0 Å². The van der Waals surface area contributed by atoms with Crippen LogP contribution in [0.2, 0.25) is 0 Å². The third-order valence-electron chi connectivity index (χ3n) is 1.96. The lowest BCUT2D eigenvalue weighted by Crippen LogP contribution is -2.08. The van der Waals surface area contributed by atoms with Crippen LogP contribution in [-0.2, 0) is 6.18 Å². The highest BCUT2D eigenvalue weighted by Gasteiger charge is 2.32. The second kappa shape index (κ2) is 3.86. The molecular formula is C11H11F3. The van der Waals surface area contributed by atoms with E-state index in [2.05, 4.69) is 0 Å². The zero-order valence-electron chi connectivity index (χ0n) is 8.02. The van der Waals surface area contributed by atoms with Gasteiger partial charge in [0.15, 0.2) is 0 Å². The Labute approximate surface area is 81.1 Å². The molecule has 1 aromatic carbocycles. The third kappa shape index (κ3) is 2.16. The molecule has 0 fully saturated rings. The number of benzene rings is 1. The molecule has 0 heterocycles. The van der Waals surface area contributed by atoms with Crippen LogP contribution in [0.25, 0.3) is 6.08 Å². The van der Waals surface area contributed by atoms with Gasteiger partial charge in [-0.3, -0.25) is 0 Å². The van der Waals surface area contributed by atoms with Crippen LogP contribution in [0.3, 0.4) is 0 Å². The van der Waals surface area contributed by atoms with Crippen molar-refractivity contribution in [3.8, 4) is 0 Å². The molecule has 0 saturated carbocycles. The van der Waals surface area contributed by atoms with Gasteiger partial charge in [0, 0.05) is 0 Å². The fourth-order valence-electron chi connectivity index (χ4n) is 1.32. The van der Waals surface area contributed by atoms with E-state index >= 15 is 0 Å². The Morgan fingerprint density at radius 1 is 1.21 bits per heavy atom. The number of allylic oxidation sites excluding steroid dienone is 1. The number of hydrogen-bond acceptors (Lipinski definition) is 0. The second-order valence-electron chi connectivity index (χ2n) is 3.03. The van der Waals surface area contributed by atoms with Crippen LogP contribution < -0.4 is 0 Å². The monoisotopic (exact) mass is 200 g/mol. The summed E-state index contributed by atoms with van der Waals surface area (Å²) in [5, 5.41) is 0. The summed E-state index contributed by atoms with van der Waals surface area (Å²) in [7, 11) is 0. The number of hydrogen-bond donors (Lipinski definition) is 0. The minimum absolute atomic E-state index is 0.252. The van der Waals surface area contributed by atoms with E-state index in [1.54, 1.807) is 26.0 Å². The van der Waals surface area contributed by atoms with Crippen molar-refractivity contribution in [2.24, 2.45) is 0 Å². The first-order valence-electron chi connectivity index (χ1n) is 4.26. The Balaban J connectivity index is 3.36. The highest BCUT2D eigenvalue weighted by Crippen LogP contribution is 2.33. The standard InChI is InChI=1S/C11H11F3/c1-3-5-9-8(2)6-4-7-10(9)11(12,13)14/h3-7H,1-2H3/b5-3-. The van der Waals surface area contributed by atoms with Crippen LogP contribution in [0.15, 0.2) is 24.3 Å². The van der Waals surface area contributed by atoms with Crippen LogP contribution in [0, 0.1) is 6.92 Å². The van der Waals surface area contributed by atoms with Gasteiger partial charge in [0.05, 0.1) is 5.56 Å². The van der Waals surface area contributed by atoms with Gasteiger partial charge in [0.25, 0.3) is 0 Å². The smallest absolute Gasteiger partial charge is 0.166 e. The molecule has 0 atom stereocenters. The summed E-state index contributed by atoms with van der Waals surface area (Å²) in [4.78, 5) is 0. The maximum Gasteiger partial charge on any atom is 0.416 e. The summed E-state index contributed by atoms with van der Waals surface area (Å²) in [6.45, 7) is 3.37. The molecule has 0 aliphatic carbocycles. The van der Waals surface area contributed by atoms with Crippen molar-refractivity contribution >= 4 is 6.08 Å². The van der Waals surface area contributed by atoms with Crippen molar-refractivity contribution in [2.45, 2.75) is 20.0 Å². The van der Waals surface area contributed by atoms with Gasteiger partial charge in [-0.15, -0.1) is 0 Å². The molecule has 0 nitrogen and oxygen atoms in total. The van der Waals surface area contributed by atoms with Crippen LogP contribution in [0.4, 0.5) is 13.2 Å². The summed E-state index contributed by atoms with van der Waals surface area (Å²) in [6, 6.07) is 4.19. The molecule has 0 radical (unpaired) electrons. The average Bonchev–Trinajstić information content (AvgIpc) is 2.07. The van der Waals surface area contributed by atoms with Crippen LogP contribution >= 0.6 is 0 Å². The van der Waals surface area contributed by atoms with Crippen molar-refractivity contribution in [2.75, 3.05) is 0 Å². The van der Waals surface area contributed by atoms with Crippen molar-refractivity contribution in [1.82, 2.24) is 0 Å². The molecule has 3 heteroatoms. The van der Waals surface area contributed by atoms with E-state index in [9.17, 15) is 13.2 Å². The normalized spacial score (nSPS) is 12.4. The predicted octanol–water partition coefficient (Wildman–Crippen LogP) is 4.05. The van der Waals surface area contributed by atoms with Crippen molar-refractivity contribution < 1.29 is 13.2 Å². The highest BCUT2D eigenvalue weighted by molar-refractivity contribution is 5.58. The second-order valence-corrected chi connectivity index (χ2v) is 3.03. The molecule has 76 valence electrons. The Morgan fingerprint density at radius 3 is 2.36 bits per heavy atom. The van der Waals surface area contributed by atoms with Crippen LogP contribution in [0.5, 0.6) is 0 Å². The molecule has 0 aliphatic rings. The highest BCUT2D eigenvalue weighted by atomic mass is 19.4. The number of alkyl halides is 3. The maximum atomic E-state index is 12.5. The summed E-state index contributed by atoms with van der Waals surface area (Å²) < 4.78 is 37.6. The van der Waals surface area contributed by atoms with Gasteiger partial charge in [-0.1, -0.05) is 24.3 Å². The van der Waals surface area contributed by atoms with E-state index < -0.39 is 11.7 Å². The first-order valence-corrected chi connectivity index (χ1v) is 4.26. The van der Waals surface area contributed by atoms with E-state index in [1.807, 2.05) is 0 Å². The molecule has 0 spiro atoms. The predicted molar refractivity (Wildman–Crippen MR) is 50.9 cm³/mol. The van der Waals surface area contributed by atoms with Gasteiger partial charge in [0.2, 0.25) is 0 Å². The molecule has 0 aliphatic heterocycles. The molecule has 0 saturated heterocycles. The van der Waals surface area contributed by atoms with Crippen molar-refractivity contribution in [1.29, 1.82) is 0 Å². The molecule has 0 N–H and O–H groups in total. The first-order chi connectivity index (χ1) is 6.46. The van der Waals surface area contributed by atoms with E-state index in [1.165, 1.54) is 12.1 Å². The molecule has 0 unspecified atom stereocenters. The van der Waals surface area contributed by atoms with Gasteiger partial charge in [0.1, 0.15) is 0 Å². The van der Waals surface area contributed by atoms with E-state index in [-0.39, 0.29) is 5.56 Å². The van der Waals surface area contributed by atoms with Crippen molar-refractivity contribution in [3.63, 3.8) is 0 Å².